The van der Waals surface area contributed by atoms with Crippen LogP contribution in [0.15, 0.2) is 18.2 Å². The van der Waals surface area contributed by atoms with Crippen LogP contribution in [0, 0.1) is 5.92 Å². The molecule has 0 fully saturated rings. The zero-order valence-corrected chi connectivity index (χ0v) is 12.1. The quantitative estimate of drug-likeness (QED) is 0.831. The molecule has 2 N–H and O–H groups in total. The Hall–Kier alpha value is -2.24. The van der Waals surface area contributed by atoms with Crippen LogP contribution in [0.25, 0.3) is 0 Å². The molecular formula is C15H19NO5. The summed E-state index contributed by atoms with van der Waals surface area (Å²) in [7, 11) is 0. The van der Waals surface area contributed by atoms with Gasteiger partial charge in [0.05, 0.1) is 0 Å². The molecule has 0 aliphatic carbocycles. The minimum atomic E-state index is -1.01. The molecule has 1 aliphatic heterocycles. The van der Waals surface area contributed by atoms with Crippen molar-refractivity contribution in [1.29, 1.82) is 0 Å². The lowest BCUT2D eigenvalue weighted by Gasteiger charge is -2.17. The molecule has 0 aromatic heterocycles. The molecule has 6 heteroatoms. The van der Waals surface area contributed by atoms with E-state index in [4.69, 9.17) is 14.6 Å². The zero-order chi connectivity index (χ0) is 15.4. The third-order valence-corrected chi connectivity index (χ3v) is 3.33. The minimum Gasteiger partial charge on any atom is -0.480 e. The number of carbonyl (C=O) groups is 2. The molecule has 1 aliphatic rings. The van der Waals surface area contributed by atoms with E-state index >= 15 is 0 Å². The molecule has 1 heterocycles. The van der Waals surface area contributed by atoms with Crippen LogP contribution in [0.2, 0.25) is 0 Å². The fourth-order valence-electron chi connectivity index (χ4n) is 2.11. The Morgan fingerprint density at radius 3 is 2.67 bits per heavy atom. The van der Waals surface area contributed by atoms with Crippen LogP contribution in [0.5, 0.6) is 11.5 Å². The van der Waals surface area contributed by atoms with Crippen molar-refractivity contribution < 1.29 is 24.2 Å². The smallest absolute Gasteiger partial charge is 0.326 e. The zero-order valence-electron chi connectivity index (χ0n) is 12.1. The van der Waals surface area contributed by atoms with E-state index in [9.17, 15) is 9.59 Å². The molecule has 1 amide bonds. The van der Waals surface area contributed by atoms with E-state index in [0.29, 0.717) is 17.9 Å². The monoisotopic (exact) mass is 293 g/mol. The molecule has 0 radical (unpaired) electrons. The average molecular weight is 293 g/mol. The summed E-state index contributed by atoms with van der Waals surface area (Å²) in [6.45, 7) is 3.74. The number of rotatable bonds is 6. The summed E-state index contributed by atoms with van der Waals surface area (Å²) in [5, 5.41) is 11.6. The van der Waals surface area contributed by atoms with Crippen molar-refractivity contribution in [1.82, 2.24) is 5.32 Å². The van der Waals surface area contributed by atoms with Crippen LogP contribution < -0.4 is 14.8 Å². The van der Waals surface area contributed by atoms with Crippen molar-refractivity contribution in [2.75, 3.05) is 6.79 Å². The second kappa shape index (κ2) is 6.47. The van der Waals surface area contributed by atoms with Gasteiger partial charge in [-0.15, -0.1) is 0 Å². The fourth-order valence-corrected chi connectivity index (χ4v) is 2.11. The Morgan fingerprint density at radius 2 is 2.00 bits per heavy atom. The summed E-state index contributed by atoms with van der Waals surface area (Å²) >= 11 is 0. The first-order chi connectivity index (χ1) is 9.97. The van der Waals surface area contributed by atoms with Crippen molar-refractivity contribution in [3.8, 4) is 11.5 Å². The third-order valence-electron chi connectivity index (χ3n) is 3.33. The van der Waals surface area contributed by atoms with Gasteiger partial charge in [-0.05, 0) is 30.0 Å². The van der Waals surface area contributed by atoms with Gasteiger partial charge in [-0.25, -0.2) is 4.79 Å². The van der Waals surface area contributed by atoms with Gasteiger partial charge in [0.15, 0.2) is 11.5 Å². The number of amides is 1. The van der Waals surface area contributed by atoms with Crippen molar-refractivity contribution >= 4 is 11.9 Å². The number of hydrogen-bond donors (Lipinski definition) is 2. The number of benzene rings is 1. The molecule has 0 saturated heterocycles. The van der Waals surface area contributed by atoms with Crippen LogP contribution in [-0.2, 0) is 16.0 Å². The normalized spacial score (nSPS) is 14.0. The largest absolute Gasteiger partial charge is 0.480 e. The predicted molar refractivity (Wildman–Crippen MR) is 75.3 cm³/mol. The highest BCUT2D eigenvalue weighted by Gasteiger charge is 2.23. The standard InChI is InChI=1S/C15H19NO5/c1-9(2)14(15(18)19)16-13(17)6-4-10-3-5-11-12(7-10)21-8-20-11/h3,5,7,9,14H,4,6,8H2,1-2H3,(H,16,17)(H,18,19). The Morgan fingerprint density at radius 1 is 1.29 bits per heavy atom. The van der Waals surface area contributed by atoms with Gasteiger partial charge < -0.3 is 19.9 Å². The number of fused-ring (bicyclic) bond motifs is 1. The van der Waals surface area contributed by atoms with Gasteiger partial charge >= 0.3 is 5.97 Å². The van der Waals surface area contributed by atoms with Gasteiger partial charge in [-0.1, -0.05) is 19.9 Å². The average Bonchev–Trinajstić information content (AvgIpc) is 2.89. The summed E-state index contributed by atoms with van der Waals surface area (Å²) in [4.78, 5) is 22.9. The molecule has 114 valence electrons. The van der Waals surface area contributed by atoms with Crippen LogP contribution in [-0.4, -0.2) is 29.8 Å². The molecule has 1 aromatic rings. The SMILES string of the molecule is CC(C)C(NC(=O)CCc1ccc2c(c1)OCO2)C(=O)O. The lowest BCUT2D eigenvalue weighted by Crippen LogP contribution is -2.44. The highest BCUT2D eigenvalue weighted by Crippen LogP contribution is 2.32. The topological polar surface area (TPSA) is 84.9 Å². The first-order valence-electron chi connectivity index (χ1n) is 6.88. The molecule has 6 nitrogen and oxygen atoms in total. The highest BCUT2D eigenvalue weighted by molar-refractivity contribution is 5.83. The number of aryl methyl sites for hydroxylation is 1. The van der Waals surface area contributed by atoms with Crippen LogP contribution in [0.3, 0.4) is 0 Å². The number of ether oxygens (including phenoxy) is 2. The summed E-state index contributed by atoms with van der Waals surface area (Å²) in [6.07, 6.45) is 0.753. The Kier molecular flexibility index (Phi) is 4.67. The summed E-state index contributed by atoms with van der Waals surface area (Å²) in [5.74, 6) is -0.0559. The number of carbonyl (C=O) groups excluding carboxylic acids is 1. The predicted octanol–water partition coefficient (Wildman–Crippen LogP) is 1.57. The van der Waals surface area contributed by atoms with Gasteiger partial charge in [-0.2, -0.15) is 0 Å². The first kappa shape index (κ1) is 15.2. The fraction of sp³-hybridized carbons (Fsp3) is 0.467. The highest BCUT2D eigenvalue weighted by atomic mass is 16.7. The third kappa shape index (κ3) is 3.87. The maximum atomic E-state index is 11.8. The molecule has 0 bridgehead atoms. The summed E-state index contributed by atoms with van der Waals surface area (Å²) < 4.78 is 10.5. The number of carboxylic acid groups (broad SMARTS) is 1. The van der Waals surface area contributed by atoms with E-state index in [1.54, 1.807) is 13.8 Å². The van der Waals surface area contributed by atoms with E-state index in [0.717, 1.165) is 5.56 Å². The lowest BCUT2D eigenvalue weighted by atomic mass is 10.0. The lowest BCUT2D eigenvalue weighted by molar-refractivity contribution is -0.143. The van der Waals surface area contributed by atoms with Crippen molar-refractivity contribution in [3.63, 3.8) is 0 Å². The number of aliphatic carboxylic acids is 1. The molecule has 0 spiro atoms. The second-order valence-electron chi connectivity index (χ2n) is 5.32. The molecule has 1 atom stereocenters. The van der Waals surface area contributed by atoms with Crippen molar-refractivity contribution in [3.05, 3.63) is 23.8 Å². The maximum Gasteiger partial charge on any atom is 0.326 e. The van der Waals surface area contributed by atoms with Crippen molar-refractivity contribution in [2.45, 2.75) is 32.7 Å². The van der Waals surface area contributed by atoms with E-state index < -0.39 is 12.0 Å². The Balaban J connectivity index is 1.88. The van der Waals surface area contributed by atoms with Crippen LogP contribution >= 0.6 is 0 Å². The molecular weight excluding hydrogens is 274 g/mol. The Bertz CT molecular complexity index is 541. The summed E-state index contributed by atoms with van der Waals surface area (Å²) in [5.41, 5.74) is 0.950. The van der Waals surface area contributed by atoms with Crippen molar-refractivity contribution in [2.24, 2.45) is 5.92 Å². The van der Waals surface area contributed by atoms with E-state index in [2.05, 4.69) is 5.32 Å². The minimum absolute atomic E-state index is 0.156. The Labute approximate surface area is 123 Å². The number of nitrogens with one attached hydrogen (secondary N) is 1. The van der Waals surface area contributed by atoms with E-state index in [1.165, 1.54) is 0 Å². The first-order valence-corrected chi connectivity index (χ1v) is 6.88. The maximum absolute atomic E-state index is 11.8. The number of carboxylic acids is 1. The van der Waals surface area contributed by atoms with Gasteiger partial charge in [0, 0.05) is 6.42 Å². The van der Waals surface area contributed by atoms with Gasteiger partial charge in [-0.3, -0.25) is 4.79 Å². The van der Waals surface area contributed by atoms with E-state index in [1.807, 2.05) is 18.2 Å². The summed E-state index contributed by atoms with van der Waals surface area (Å²) in [6, 6.07) is 4.67. The molecule has 0 saturated carbocycles. The second-order valence-corrected chi connectivity index (χ2v) is 5.32. The number of hydrogen-bond acceptors (Lipinski definition) is 4. The van der Waals surface area contributed by atoms with E-state index in [-0.39, 0.29) is 25.0 Å². The molecule has 2 rings (SSSR count). The van der Waals surface area contributed by atoms with Gasteiger partial charge in [0.25, 0.3) is 0 Å². The molecule has 1 aromatic carbocycles. The van der Waals surface area contributed by atoms with Crippen LogP contribution in [0.4, 0.5) is 0 Å². The van der Waals surface area contributed by atoms with Gasteiger partial charge in [0.1, 0.15) is 6.04 Å². The van der Waals surface area contributed by atoms with Gasteiger partial charge in [0.2, 0.25) is 12.7 Å². The van der Waals surface area contributed by atoms with Crippen LogP contribution in [0.1, 0.15) is 25.8 Å². The molecule has 1 unspecified atom stereocenters. The molecule has 21 heavy (non-hydrogen) atoms.